The van der Waals surface area contributed by atoms with Crippen LogP contribution in [-0.4, -0.2) is 26.0 Å². The van der Waals surface area contributed by atoms with Crippen molar-refractivity contribution < 1.29 is 9.90 Å². The smallest absolute Gasteiger partial charge is 0.228 e. The standard InChI is InChI=1S/C20H16N4O2/c25-18-7-2-1-5-13(18)11-19(26)22-14-8-9-15-17(12-14)24-20(23-15)16-6-3-4-10-21-16/h1-10,12,25H,11H2,(H,22,26)(H,23,24). The number of anilines is 1. The first-order valence-corrected chi connectivity index (χ1v) is 8.17. The molecule has 2 aromatic heterocycles. The van der Waals surface area contributed by atoms with Crippen molar-refractivity contribution in [2.45, 2.75) is 6.42 Å². The van der Waals surface area contributed by atoms with Gasteiger partial charge in [0.05, 0.1) is 17.5 Å². The Morgan fingerprint density at radius 2 is 1.92 bits per heavy atom. The molecule has 0 aliphatic rings. The van der Waals surface area contributed by atoms with E-state index in [9.17, 15) is 9.90 Å². The van der Waals surface area contributed by atoms with Crippen molar-refractivity contribution in [1.82, 2.24) is 15.0 Å². The number of aromatic amines is 1. The van der Waals surface area contributed by atoms with Gasteiger partial charge in [-0.3, -0.25) is 9.78 Å². The lowest BCUT2D eigenvalue weighted by atomic mass is 10.1. The zero-order valence-corrected chi connectivity index (χ0v) is 13.8. The Hall–Kier alpha value is -3.67. The first kappa shape index (κ1) is 15.8. The molecule has 3 N–H and O–H groups in total. The Morgan fingerprint density at radius 1 is 1.08 bits per heavy atom. The second kappa shape index (κ2) is 6.68. The highest BCUT2D eigenvalue weighted by Gasteiger charge is 2.10. The number of nitrogens with one attached hydrogen (secondary N) is 2. The largest absolute Gasteiger partial charge is 0.508 e. The van der Waals surface area contributed by atoms with Gasteiger partial charge in [-0.05, 0) is 36.4 Å². The van der Waals surface area contributed by atoms with E-state index in [-0.39, 0.29) is 18.1 Å². The van der Waals surface area contributed by atoms with Crippen LogP contribution in [0.25, 0.3) is 22.6 Å². The molecule has 0 unspecified atom stereocenters. The minimum absolute atomic E-state index is 0.104. The summed E-state index contributed by atoms with van der Waals surface area (Å²) in [7, 11) is 0. The fraction of sp³-hybridized carbons (Fsp3) is 0.0500. The van der Waals surface area contributed by atoms with Crippen molar-refractivity contribution in [2.24, 2.45) is 0 Å². The maximum absolute atomic E-state index is 12.2. The van der Waals surface area contributed by atoms with Crippen molar-refractivity contribution in [3.05, 3.63) is 72.4 Å². The molecular weight excluding hydrogens is 328 g/mol. The fourth-order valence-electron chi connectivity index (χ4n) is 2.75. The number of phenols is 1. The Bertz CT molecular complexity index is 1070. The number of aromatic hydroxyl groups is 1. The van der Waals surface area contributed by atoms with Crippen LogP contribution in [0, 0.1) is 0 Å². The zero-order valence-electron chi connectivity index (χ0n) is 13.8. The van der Waals surface area contributed by atoms with Gasteiger partial charge in [0.15, 0.2) is 5.82 Å². The van der Waals surface area contributed by atoms with E-state index < -0.39 is 0 Å². The summed E-state index contributed by atoms with van der Waals surface area (Å²) in [4.78, 5) is 24.3. The van der Waals surface area contributed by atoms with E-state index in [1.54, 1.807) is 36.5 Å². The lowest BCUT2D eigenvalue weighted by Gasteiger charge is -2.06. The van der Waals surface area contributed by atoms with Crippen molar-refractivity contribution >= 4 is 22.6 Å². The number of pyridine rings is 1. The topological polar surface area (TPSA) is 90.9 Å². The molecule has 0 radical (unpaired) electrons. The van der Waals surface area contributed by atoms with Gasteiger partial charge in [-0.15, -0.1) is 0 Å². The molecule has 0 saturated heterocycles. The number of carbonyl (C=O) groups is 1. The molecule has 1 amide bonds. The van der Waals surface area contributed by atoms with Crippen LogP contribution in [-0.2, 0) is 11.2 Å². The summed E-state index contributed by atoms with van der Waals surface area (Å²) < 4.78 is 0. The summed E-state index contributed by atoms with van der Waals surface area (Å²) in [6.45, 7) is 0. The van der Waals surface area contributed by atoms with Gasteiger partial charge in [-0.2, -0.15) is 0 Å². The number of H-pyrrole nitrogens is 1. The highest BCUT2D eigenvalue weighted by Crippen LogP contribution is 2.22. The van der Waals surface area contributed by atoms with E-state index in [1.165, 1.54) is 0 Å². The van der Waals surface area contributed by atoms with Crippen LogP contribution >= 0.6 is 0 Å². The average Bonchev–Trinajstić information content (AvgIpc) is 3.08. The summed E-state index contributed by atoms with van der Waals surface area (Å²) in [5.41, 5.74) is 3.61. The maximum atomic E-state index is 12.2. The van der Waals surface area contributed by atoms with Crippen LogP contribution in [0.4, 0.5) is 5.69 Å². The molecule has 0 saturated carbocycles. The third-order valence-corrected chi connectivity index (χ3v) is 4.02. The Balaban J connectivity index is 1.54. The summed E-state index contributed by atoms with van der Waals surface area (Å²) >= 11 is 0. The SMILES string of the molecule is O=C(Cc1ccccc1O)Nc1ccc2nc(-c3ccccn3)[nH]c2c1. The fourth-order valence-corrected chi connectivity index (χ4v) is 2.75. The van der Waals surface area contributed by atoms with Crippen molar-refractivity contribution in [2.75, 3.05) is 5.32 Å². The summed E-state index contributed by atoms with van der Waals surface area (Å²) in [5, 5.41) is 12.6. The number of carbonyl (C=O) groups excluding carboxylic acids is 1. The van der Waals surface area contributed by atoms with Crippen molar-refractivity contribution in [1.29, 1.82) is 0 Å². The summed E-state index contributed by atoms with van der Waals surface area (Å²) in [6, 6.07) is 17.9. The number of aromatic nitrogens is 3. The highest BCUT2D eigenvalue weighted by molar-refractivity contribution is 5.94. The van der Waals surface area contributed by atoms with E-state index in [1.807, 2.05) is 30.3 Å². The first-order chi connectivity index (χ1) is 12.7. The Morgan fingerprint density at radius 3 is 2.73 bits per heavy atom. The number of hydrogen-bond acceptors (Lipinski definition) is 4. The Labute approximate surface area is 149 Å². The molecule has 2 aromatic carbocycles. The first-order valence-electron chi connectivity index (χ1n) is 8.17. The van der Waals surface area contributed by atoms with Gasteiger partial charge in [0.25, 0.3) is 0 Å². The minimum atomic E-state index is -0.199. The molecule has 0 atom stereocenters. The molecule has 0 fully saturated rings. The van der Waals surface area contributed by atoms with Crippen LogP contribution in [0.1, 0.15) is 5.56 Å². The zero-order chi connectivity index (χ0) is 17.9. The van der Waals surface area contributed by atoms with Gasteiger partial charge in [0.1, 0.15) is 11.4 Å². The average molecular weight is 344 g/mol. The van der Waals surface area contributed by atoms with Crippen LogP contribution in [0.5, 0.6) is 5.75 Å². The summed E-state index contributed by atoms with van der Waals surface area (Å²) in [5.74, 6) is 0.597. The van der Waals surface area contributed by atoms with Crippen molar-refractivity contribution in [3.63, 3.8) is 0 Å². The molecule has 4 rings (SSSR count). The molecule has 6 nitrogen and oxygen atoms in total. The second-order valence-electron chi connectivity index (χ2n) is 5.89. The molecule has 0 aliphatic carbocycles. The number of fused-ring (bicyclic) bond motifs is 1. The number of benzene rings is 2. The van der Waals surface area contributed by atoms with E-state index in [0.717, 1.165) is 16.7 Å². The maximum Gasteiger partial charge on any atom is 0.228 e. The molecule has 2 heterocycles. The number of para-hydroxylation sites is 1. The van der Waals surface area contributed by atoms with Gasteiger partial charge in [0, 0.05) is 17.4 Å². The molecule has 128 valence electrons. The van der Waals surface area contributed by atoms with Gasteiger partial charge in [-0.25, -0.2) is 4.98 Å². The van der Waals surface area contributed by atoms with Crippen LogP contribution < -0.4 is 5.32 Å². The molecule has 0 bridgehead atoms. The van der Waals surface area contributed by atoms with Gasteiger partial charge < -0.3 is 15.4 Å². The lowest BCUT2D eigenvalue weighted by molar-refractivity contribution is -0.115. The number of amides is 1. The number of nitrogens with zero attached hydrogens (tertiary/aromatic N) is 2. The van der Waals surface area contributed by atoms with E-state index >= 15 is 0 Å². The molecule has 26 heavy (non-hydrogen) atoms. The van der Waals surface area contributed by atoms with Gasteiger partial charge in [-0.1, -0.05) is 24.3 Å². The third kappa shape index (κ3) is 3.25. The molecule has 0 spiro atoms. The molecular formula is C20H16N4O2. The van der Waals surface area contributed by atoms with E-state index in [0.29, 0.717) is 17.1 Å². The number of rotatable bonds is 4. The predicted molar refractivity (Wildman–Crippen MR) is 99.8 cm³/mol. The number of hydrogen-bond donors (Lipinski definition) is 3. The minimum Gasteiger partial charge on any atom is -0.508 e. The van der Waals surface area contributed by atoms with E-state index in [4.69, 9.17) is 0 Å². The summed E-state index contributed by atoms with van der Waals surface area (Å²) in [6.07, 6.45) is 1.82. The van der Waals surface area contributed by atoms with Crippen LogP contribution in [0.3, 0.4) is 0 Å². The van der Waals surface area contributed by atoms with Gasteiger partial charge in [0.2, 0.25) is 5.91 Å². The van der Waals surface area contributed by atoms with Crippen LogP contribution in [0.15, 0.2) is 66.9 Å². The molecule has 0 aliphatic heterocycles. The lowest BCUT2D eigenvalue weighted by Crippen LogP contribution is -2.14. The van der Waals surface area contributed by atoms with E-state index in [2.05, 4.69) is 20.3 Å². The molecule has 4 aromatic rings. The molecule has 6 heteroatoms. The quantitative estimate of drug-likeness (QED) is 0.528. The highest BCUT2D eigenvalue weighted by atomic mass is 16.3. The monoisotopic (exact) mass is 344 g/mol. The normalized spacial score (nSPS) is 10.8. The van der Waals surface area contributed by atoms with Crippen molar-refractivity contribution in [3.8, 4) is 17.3 Å². The third-order valence-electron chi connectivity index (χ3n) is 4.02. The van der Waals surface area contributed by atoms with Gasteiger partial charge >= 0.3 is 0 Å². The second-order valence-corrected chi connectivity index (χ2v) is 5.89. The number of imidazole rings is 1. The van der Waals surface area contributed by atoms with Crippen LogP contribution in [0.2, 0.25) is 0 Å². The predicted octanol–water partition coefficient (Wildman–Crippen LogP) is 3.51. The number of phenolic OH excluding ortho intramolecular Hbond substituents is 1. The Kier molecular flexibility index (Phi) is 4.07.